The van der Waals surface area contributed by atoms with Crippen LogP contribution in [0.4, 0.5) is 0 Å². The molecule has 2 N–H and O–H groups in total. The molecule has 1 fully saturated rings. The van der Waals surface area contributed by atoms with Gasteiger partial charge in [-0.15, -0.1) is 0 Å². The van der Waals surface area contributed by atoms with Gasteiger partial charge in [-0.1, -0.05) is 33.6 Å². The molecule has 0 aliphatic heterocycles. The molecule has 2 atom stereocenters. The zero-order chi connectivity index (χ0) is 13.1. The third kappa shape index (κ3) is 3.23. The number of likely N-dealkylation sites (N-methyl/N-ethyl adjacent to an activating group) is 1. The molecule has 0 amide bonds. The summed E-state index contributed by atoms with van der Waals surface area (Å²) in [5.74, 6) is 1.66. The summed E-state index contributed by atoms with van der Waals surface area (Å²) >= 11 is 0. The smallest absolute Gasteiger partial charge is 0.0337 e. The highest BCUT2D eigenvalue weighted by molar-refractivity contribution is 4.97. The summed E-state index contributed by atoms with van der Waals surface area (Å²) in [5, 5.41) is 0. The van der Waals surface area contributed by atoms with Crippen LogP contribution in [0, 0.1) is 11.8 Å². The Hall–Kier alpha value is -0.0800. The third-order valence-electron chi connectivity index (χ3n) is 4.76. The van der Waals surface area contributed by atoms with Crippen molar-refractivity contribution in [3.8, 4) is 0 Å². The predicted octanol–water partition coefficient (Wildman–Crippen LogP) is 3.26. The van der Waals surface area contributed by atoms with Crippen LogP contribution in [0.1, 0.15) is 60.3 Å². The molecule has 102 valence electrons. The molecular weight excluding hydrogens is 208 g/mol. The second-order valence-electron chi connectivity index (χ2n) is 6.41. The van der Waals surface area contributed by atoms with Crippen molar-refractivity contribution in [1.29, 1.82) is 0 Å². The predicted molar refractivity (Wildman–Crippen MR) is 76.1 cm³/mol. The van der Waals surface area contributed by atoms with Crippen LogP contribution in [0.3, 0.4) is 0 Å². The Morgan fingerprint density at radius 3 is 2.35 bits per heavy atom. The van der Waals surface area contributed by atoms with Crippen molar-refractivity contribution in [3.63, 3.8) is 0 Å². The summed E-state index contributed by atoms with van der Waals surface area (Å²) < 4.78 is 0. The van der Waals surface area contributed by atoms with Crippen LogP contribution in [-0.4, -0.2) is 29.6 Å². The van der Waals surface area contributed by atoms with E-state index < -0.39 is 0 Å². The van der Waals surface area contributed by atoms with Crippen LogP contribution in [0.5, 0.6) is 0 Å². The molecule has 1 aliphatic rings. The van der Waals surface area contributed by atoms with Crippen LogP contribution >= 0.6 is 0 Å². The van der Waals surface area contributed by atoms with Crippen molar-refractivity contribution >= 4 is 0 Å². The van der Waals surface area contributed by atoms with Gasteiger partial charge in [0.05, 0.1) is 0 Å². The molecular formula is C15H32N2. The van der Waals surface area contributed by atoms with Crippen LogP contribution < -0.4 is 5.73 Å². The fourth-order valence-electron chi connectivity index (χ4n) is 3.77. The zero-order valence-electron chi connectivity index (χ0n) is 12.5. The van der Waals surface area contributed by atoms with Gasteiger partial charge in [0.25, 0.3) is 0 Å². The number of hydrogen-bond donors (Lipinski definition) is 1. The molecule has 1 rings (SSSR count). The van der Waals surface area contributed by atoms with Gasteiger partial charge in [-0.3, -0.25) is 4.90 Å². The fourth-order valence-corrected chi connectivity index (χ4v) is 3.77. The quantitative estimate of drug-likeness (QED) is 0.799. The Morgan fingerprint density at radius 2 is 1.94 bits per heavy atom. The van der Waals surface area contributed by atoms with E-state index in [4.69, 9.17) is 5.73 Å². The summed E-state index contributed by atoms with van der Waals surface area (Å²) in [6.07, 6.45) is 5.34. The molecule has 0 bridgehead atoms. The molecule has 0 aromatic heterocycles. The van der Waals surface area contributed by atoms with E-state index >= 15 is 0 Å². The molecule has 1 aliphatic carbocycles. The molecule has 0 aromatic rings. The van der Waals surface area contributed by atoms with Crippen LogP contribution in [0.15, 0.2) is 0 Å². The van der Waals surface area contributed by atoms with Gasteiger partial charge >= 0.3 is 0 Å². The van der Waals surface area contributed by atoms with Crippen molar-refractivity contribution in [2.45, 2.75) is 71.9 Å². The van der Waals surface area contributed by atoms with E-state index in [9.17, 15) is 0 Å². The topological polar surface area (TPSA) is 29.3 Å². The molecule has 0 aromatic carbocycles. The lowest BCUT2D eigenvalue weighted by molar-refractivity contribution is 0.00764. The maximum Gasteiger partial charge on any atom is 0.0337 e. The lowest BCUT2D eigenvalue weighted by atomic mass is 9.70. The van der Waals surface area contributed by atoms with E-state index in [-0.39, 0.29) is 5.54 Å². The largest absolute Gasteiger partial charge is 0.329 e. The highest BCUT2D eigenvalue weighted by Crippen LogP contribution is 2.40. The average Bonchev–Trinajstić information content (AvgIpc) is 2.29. The monoisotopic (exact) mass is 240 g/mol. The molecule has 1 saturated carbocycles. The molecule has 2 unspecified atom stereocenters. The van der Waals surface area contributed by atoms with Crippen LogP contribution in [0.2, 0.25) is 0 Å². The average molecular weight is 240 g/mol. The van der Waals surface area contributed by atoms with Gasteiger partial charge in [0.2, 0.25) is 0 Å². The summed E-state index contributed by atoms with van der Waals surface area (Å²) in [5.41, 5.74) is 6.45. The lowest BCUT2D eigenvalue weighted by Gasteiger charge is -2.50. The van der Waals surface area contributed by atoms with Crippen LogP contribution in [-0.2, 0) is 0 Å². The van der Waals surface area contributed by atoms with E-state index in [0.29, 0.717) is 6.04 Å². The van der Waals surface area contributed by atoms with Crippen molar-refractivity contribution < 1.29 is 0 Å². The number of rotatable bonds is 5. The Morgan fingerprint density at radius 1 is 1.29 bits per heavy atom. The van der Waals surface area contributed by atoms with Crippen molar-refractivity contribution in [1.82, 2.24) is 4.90 Å². The molecule has 2 nitrogen and oxygen atoms in total. The normalized spacial score (nSPS) is 30.5. The minimum absolute atomic E-state index is 0.274. The Balaban J connectivity index is 2.86. The second-order valence-corrected chi connectivity index (χ2v) is 6.41. The first-order valence-corrected chi connectivity index (χ1v) is 7.43. The van der Waals surface area contributed by atoms with Gasteiger partial charge in [-0.2, -0.15) is 0 Å². The van der Waals surface area contributed by atoms with Gasteiger partial charge < -0.3 is 5.73 Å². The fraction of sp³-hybridized carbons (Fsp3) is 1.00. The summed E-state index contributed by atoms with van der Waals surface area (Å²) in [6, 6.07) is 0.606. The molecule has 17 heavy (non-hydrogen) atoms. The van der Waals surface area contributed by atoms with Crippen molar-refractivity contribution in [3.05, 3.63) is 0 Å². The maximum absolute atomic E-state index is 6.17. The zero-order valence-corrected chi connectivity index (χ0v) is 12.5. The number of nitrogens with zero attached hydrogens (tertiary/aromatic N) is 1. The SMILES string of the molecule is CCN(C(C)C)C1(CN)CCCC(C(C)C)C1. The van der Waals surface area contributed by atoms with E-state index in [1.54, 1.807) is 0 Å². The van der Waals surface area contributed by atoms with E-state index in [2.05, 4.69) is 39.5 Å². The molecule has 0 heterocycles. The molecule has 0 saturated heterocycles. The number of nitrogens with two attached hydrogens (primary N) is 1. The Kier molecular flexibility index (Phi) is 5.46. The van der Waals surface area contributed by atoms with Gasteiger partial charge in [0.1, 0.15) is 0 Å². The van der Waals surface area contributed by atoms with Crippen molar-refractivity contribution in [2.24, 2.45) is 17.6 Å². The lowest BCUT2D eigenvalue weighted by Crippen LogP contribution is -2.58. The van der Waals surface area contributed by atoms with Crippen LogP contribution in [0.25, 0.3) is 0 Å². The van der Waals surface area contributed by atoms with Gasteiger partial charge in [-0.05, 0) is 45.1 Å². The standard InChI is InChI=1S/C15H32N2/c1-6-17(13(4)5)15(11-16)9-7-8-14(10-15)12(2)3/h12-14H,6-11,16H2,1-5H3. The summed E-state index contributed by atoms with van der Waals surface area (Å²) in [7, 11) is 0. The molecule has 0 radical (unpaired) electrons. The third-order valence-corrected chi connectivity index (χ3v) is 4.76. The van der Waals surface area contributed by atoms with Crippen molar-refractivity contribution in [2.75, 3.05) is 13.1 Å². The minimum atomic E-state index is 0.274. The van der Waals surface area contributed by atoms with E-state index in [1.165, 1.54) is 25.7 Å². The van der Waals surface area contributed by atoms with Gasteiger partial charge in [0.15, 0.2) is 0 Å². The number of hydrogen-bond acceptors (Lipinski definition) is 2. The maximum atomic E-state index is 6.17. The minimum Gasteiger partial charge on any atom is -0.329 e. The van der Waals surface area contributed by atoms with Gasteiger partial charge in [-0.25, -0.2) is 0 Å². The van der Waals surface area contributed by atoms with E-state index in [1.807, 2.05) is 0 Å². The molecule has 0 spiro atoms. The van der Waals surface area contributed by atoms with Gasteiger partial charge in [0, 0.05) is 18.1 Å². The highest BCUT2D eigenvalue weighted by atomic mass is 15.2. The molecule has 2 heteroatoms. The highest BCUT2D eigenvalue weighted by Gasteiger charge is 2.41. The van der Waals surface area contributed by atoms with E-state index in [0.717, 1.165) is 24.9 Å². The Labute approximate surface area is 108 Å². The first-order chi connectivity index (χ1) is 7.96. The Bertz CT molecular complexity index is 225. The summed E-state index contributed by atoms with van der Waals surface area (Å²) in [4.78, 5) is 2.64. The second kappa shape index (κ2) is 6.19. The first-order valence-electron chi connectivity index (χ1n) is 7.43. The first kappa shape index (κ1) is 15.0. The summed E-state index contributed by atoms with van der Waals surface area (Å²) in [6.45, 7) is 13.6.